The molecule has 0 saturated carbocycles. The summed E-state index contributed by atoms with van der Waals surface area (Å²) < 4.78 is 27.4. The quantitative estimate of drug-likeness (QED) is 0.664. The summed E-state index contributed by atoms with van der Waals surface area (Å²) in [5.41, 5.74) is 5.89. The Morgan fingerprint density at radius 3 is 2.25 bits per heavy atom. The van der Waals surface area contributed by atoms with Crippen LogP contribution >= 0.6 is 0 Å². The summed E-state index contributed by atoms with van der Waals surface area (Å²) in [6.07, 6.45) is 0.164. The van der Waals surface area contributed by atoms with Gasteiger partial charge in [-0.3, -0.25) is 11.3 Å². The van der Waals surface area contributed by atoms with E-state index in [4.69, 9.17) is 5.84 Å². The highest BCUT2D eigenvalue weighted by atomic mass is 19.1. The Bertz CT molecular complexity index is 591. The summed E-state index contributed by atoms with van der Waals surface area (Å²) in [5, 5.41) is 0. The zero-order chi connectivity index (χ0) is 14.7. The van der Waals surface area contributed by atoms with E-state index in [9.17, 15) is 8.78 Å². The molecule has 0 fully saturated rings. The number of rotatable bonds is 4. The Morgan fingerprint density at radius 2 is 1.70 bits per heavy atom. The van der Waals surface area contributed by atoms with E-state index in [-0.39, 0.29) is 18.0 Å². The van der Waals surface area contributed by atoms with Crippen LogP contribution < -0.4 is 11.3 Å². The van der Waals surface area contributed by atoms with Crippen LogP contribution in [0.15, 0.2) is 36.4 Å². The molecule has 0 spiro atoms. The number of nitrogens with two attached hydrogens (primary N) is 1. The summed E-state index contributed by atoms with van der Waals surface area (Å²) in [5.74, 6) is 4.45. The highest BCUT2D eigenvalue weighted by Crippen LogP contribution is 2.23. The summed E-state index contributed by atoms with van der Waals surface area (Å²) in [7, 11) is 0. The van der Waals surface area contributed by atoms with Crippen molar-refractivity contribution >= 4 is 0 Å². The van der Waals surface area contributed by atoms with Gasteiger partial charge < -0.3 is 0 Å². The zero-order valence-electron chi connectivity index (χ0n) is 11.6. The minimum absolute atomic E-state index is 0.0497. The van der Waals surface area contributed by atoms with Gasteiger partial charge >= 0.3 is 0 Å². The Hall–Kier alpha value is -1.78. The number of halogens is 2. The topological polar surface area (TPSA) is 38.0 Å². The molecule has 0 aliphatic carbocycles. The van der Waals surface area contributed by atoms with Gasteiger partial charge in [0.1, 0.15) is 11.6 Å². The Labute approximate surface area is 117 Å². The average molecular weight is 276 g/mol. The van der Waals surface area contributed by atoms with Gasteiger partial charge in [-0.25, -0.2) is 8.78 Å². The molecule has 0 radical (unpaired) electrons. The van der Waals surface area contributed by atoms with Crippen molar-refractivity contribution in [3.05, 3.63) is 70.3 Å². The van der Waals surface area contributed by atoms with Gasteiger partial charge in [0.15, 0.2) is 0 Å². The van der Waals surface area contributed by atoms with Crippen LogP contribution in [0.2, 0.25) is 0 Å². The molecular formula is C16H18F2N2. The largest absolute Gasteiger partial charge is 0.271 e. The molecule has 0 heterocycles. The van der Waals surface area contributed by atoms with Gasteiger partial charge in [0.2, 0.25) is 0 Å². The van der Waals surface area contributed by atoms with E-state index in [0.29, 0.717) is 0 Å². The van der Waals surface area contributed by atoms with Gasteiger partial charge in [-0.1, -0.05) is 24.3 Å². The molecule has 1 unspecified atom stereocenters. The molecular weight excluding hydrogens is 258 g/mol. The summed E-state index contributed by atoms with van der Waals surface area (Å²) in [6, 6.07) is 9.42. The molecule has 0 aromatic heterocycles. The van der Waals surface area contributed by atoms with Crippen molar-refractivity contribution in [2.75, 3.05) is 0 Å². The number of nitrogens with one attached hydrogen (secondary N) is 1. The first kappa shape index (κ1) is 14.6. The highest BCUT2D eigenvalue weighted by molar-refractivity contribution is 5.33. The number of aryl methyl sites for hydroxylation is 2. The maximum atomic E-state index is 13.7. The minimum Gasteiger partial charge on any atom is -0.271 e. The zero-order valence-corrected chi connectivity index (χ0v) is 11.6. The van der Waals surface area contributed by atoms with Crippen LogP contribution in [0, 0.1) is 25.5 Å². The van der Waals surface area contributed by atoms with Crippen LogP contribution in [-0.4, -0.2) is 0 Å². The van der Waals surface area contributed by atoms with Crippen LogP contribution in [-0.2, 0) is 6.42 Å². The molecule has 2 nitrogen and oxygen atoms in total. The third-order valence-electron chi connectivity index (χ3n) is 3.60. The predicted octanol–water partition coefficient (Wildman–Crippen LogP) is 3.33. The van der Waals surface area contributed by atoms with Crippen LogP contribution in [0.5, 0.6) is 0 Å². The molecule has 4 heteroatoms. The lowest BCUT2D eigenvalue weighted by atomic mass is 9.96. The van der Waals surface area contributed by atoms with Crippen molar-refractivity contribution in [3.8, 4) is 0 Å². The second-order valence-electron chi connectivity index (χ2n) is 4.97. The molecule has 2 aromatic rings. The Kier molecular flexibility index (Phi) is 4.47. The first-order valence-electron chi connectivity index (χ1n) is 6.49. The molecule has 0 aliphatic heterocycles. The minimum atomic E-state index is -0.547. The monoisotopic (exact) mass is 276 g/mol. The lowest BCUT2D eigenvalue weighted by Gasteiger charge is -2.18. The van der Waals surface area contributed by atoms with Crippen molar-refractivity contribution in [2.24, 2.45) is 5.84 Å². The second-order valence-corrected chi connectivity index (χ2v) is 4.97. The number of benzene rings is 2. The molecule has 1 atom stereocenters. The smallest absolute Gasteiger partial charge is 0.129 e. The van der Waals surface area contributed by atoms with E-state index in [2.05, 4.69) is 5.43 Å². The lowest BCUT2D eigenvalue weighted by Crippen LogP contribution is -2.30. The van der Waals surface area contributed by atoms with Gasteiger partial charge in [-0.05, 0) is 49.1 Å². The maximum Gasteiger partial charge on any atom is 0.129 e. The van der Waals surface area contributed by atoms with Crippen molar-refractivity contribution in [1.29, 1.82) is 0 Å². The van der Waals surface area contributed by atoms with E-state index in [0.717, 1.165) is 11.1 Å². The van der Waals surface area contributed by atoms with Crippen LogP contribution in [0.1, 0.15) is 28.3 Å². The van der Waals surface area contributed by atoms with Gasteiger partial charge in [-0.2, -0.15) is 0 Å². The lowest BCUT2D eigenvalue weighted by molar-refractivity contribution is 0.500. The normalized spacial score (nSPS) is 12.4. The first-order chi connectivity index (χ1) is 9.52. The summed E-state index contributed by atoms with van der Waals surface area (Å²) in [4.78, 5) is 0. The average Bonchev–Trinajstić information content (AvgIpc) is 2.42. The molecule has 3 N–H and O–H groups in total. The fourth-order valence-electron chi connectivity index (χ4n) is 2.19. The fourth-order valence-corrected chi connectivity index (χ4v) is 2.19. The van der Waals surface area contributed by atoms with E-state index in [1.54, 1.807) is 0 Å². The number of hydrogen-bond donors (Lipinski definition) is 2. The molecule has 0 saturated heterocycles. The third-order valence-corrected chi connectivity index (χ3v) is 3.60. The standard InChI is InChI=1S/C16H18F2N2/c1-10-6-7-12(8-11(10)2)16(20-19)9-13-14(17)4-3-5-15(13)18/h3-8,16,20H,9,19H2,1-2H3. The molecule has 0 bridgehead atoms. The molecule has 0 aliphatic rings. The maximum absolute atomic E-state index is 13.7. The first-order valence-corrected chi connectivity index (χ1v) is 6.49. The molecule has 2 aromatic carbocycles. The summed E-state index contributed by atoms with van der Waals surface area (Å²) in [6.45, 7) is 4.01. The number of hydrazine groups is 1. The Balaban J connectivity index is 2.31. The van der Waals surface area contributed by atoms with Crippen LogP contribution in [0.4, 0.5) is 8.78 Å². The van der Waals surface area contributed by atoms with Crippen LogP contribution in [0.3, 0.4) is 0 Å². The molecule has 2 rings (SSSR count). The molecule has 20 heavy (non-hydrogen) atoms. The van der Waals surface area contributed by atoms with Gasteiger partial charge in [-0.15, -0.1) is 0 Å². The van der Waals surface area contributed by atoms with Gasteiger partial charge in [0.25, 0.3) is 0 Å². The molecule has 106 valence electrons. The van der Waals surface area contributed by atoms with Gasteiger partial charge in [0, 0.05) is 5.56 Å². The van der Waals surface area contributed by atoms with E-state index >= 15 is 0 Å². The van der Waals surface area contributed by atoms with Crippen molar-refractivity contribution < 1.29 is 8.78 Å². The predicted molar refractivity (Wildman–Crippen MR) is 76.0 cm³/mol. The van der Waals surface area contributed by atoms with E-state index < -0.39 is 11.6 Å². The third kappa shape index (κ3) is 3.03. The summed E-state index contributed by atoms with van der Waals surface area (Å²) >= 11 is 0. The molecule has 0 amide bonds. The fraction of sp³-hybridized carbons (Fsp3) is 0.250. The van der Waals surface area contributed by atoms with Crippen molar-refractivity contribution in [1.82, 2.24) is 5.43 Å². The second kappa shape index (κ2) is 6.11. The van der Waals surface area contributed by atoms with Crippen LogP contribution in [0.25, 0.3) is 0 Å². The van der Waals surface area contributed by atoms with Crippen molar-refractivity contribution in [2.45, 2.75) is 26.3 Å². The SMILES string of the molecule is Cc1ccc(C(Cc2c(F)cccc2F)NN)cc1C. The van der Waals surface area contributed by atoms with E-state index in [1.807, 2.05) is 32.0 Å². The Morgan fingerprint density at radius 1 is 1.05 bits per heavy atom. The van der Waals surface area contributed by atoms with E-state index in [1.165, 1.54) is 23.8 Å². The number of hydrogen-bond acceptors (Lipinski definition) is 2. The highest BCUT2D eigenvalue weighted by Gasteiger charge is 2.16. The van der Waals surface area contributed by atoms with Crippen molar-refractivity contribution in [3.63, 3.8) is 0 Å². The van der Waals surface area contributed by atoms with Gasteiger partial charge in [0.05, 0.1) is 6.04 Å².